The lowest BCUT2D eigenvalue weighted by atomic mass is 10.1. The molecule has 0 unspecified atom stereocenters. The summed E-state index contributed by atoms with van der Waals surface area (Å²) in [4.78, 5) is 14.9. The third-order valence-corrected chi connectivity index (χ3v) is 4.57. The summed E-state index contributed by atoms with van der Waals surface area (Å²) >= 11 is 0. The summed E-state index contributed by atoms with van der Waals surface area (Å²) in [6.45, 7) is 2.25. The zero-order valence-corrected chi connectivity index (χ0v) is 13.9. The monoisotopic (exact) mass is 371 g/mol. The molecule has 0 saturated carbocycles. The van der Waals surface area contributed by atoms with Crippen LogP contribution >= 0.6 is 0 Å². The lowest BCUT2D eigenvalue weighted by Crippen LogP contribution is -2.59. The molecule has 3 rings (SSSR count). The molecule has 10 heteroatoms. The van der Waals surface area contributed by atoms with E-state index in [0.717, 1.165) is 12.1 Å². The number of piperazine rings is 1. The minimum atomic E-state index is -4.36. The molecule has 0 bridgehead atoms. The molecule has 26 heavy (non-hydrogen) atoms. The molecule has 7 nitrogen and oxygen atoms in total. The Labute approximate surface area is 148 Å². The highest BCUT2D eigenvalue weighted by atomic mass is 19.4. The Kier molecular flexibility index (Phi) is 5.33. The molecule has 0 aliphatic carbocycles. The number of nitrogens with one attached hydrogen (secondary N) is 2. The summed E-state index contributed by atoms with van der Waals surface area (Å²) in [5.74, 6) is 0. The highest BCUT2D eigenvalue weighted by Crippen LogP contribution is 2.29. The fourth-order valence-corrected chi connectivity index (χ4v) is 3.19. The fraction of sp³-hybridized carbons (Fsp3) is 0.500. The maximum absolute atomic E-state index is 12.6. The van der Waals surface area contributed by atoms with E-state index in [4.69, 9.17) is 0 Å². The Morgan fingerprint density at radius 2 is 1.81 bits per heavy atom. The van der Waals surface area contributed by atoms with Gasteiger partial charge in [0, 0.05) is 43.5 Å². The van der Waals surface area contributed by atoms with Crippen molar-refractivity contribution in [3.8, 4) is 0 Å². The average Bonchev–Trinajstić information content (AvgIpc) is 3.09. The van der Waals surface area contributed by atoms with E-state index in [9.17, 15) is 23.3 Å². The van der Waals surface area contributed by atoms with Gasteiger partial charge < -0.3 is 10.6 Å². The van der Waals surface area contributed by atoms with E-state index in [1.807, 2.05) is 4.90 Å². The minimum Gasteiger partial charge on any atom is -0.369 e. The van der Waals surface area contributed by atoms with E-state index in [0.29, 0.717) is 31.7 Å². The molecule has 142 valence electrons. The van der Waals surface area contributed by atoms with Gasteiger partial charge in [0.25, 0.3) is 6.17 Å². The largest absolute Gasteiger partial charge is 0.416 e. The molecular formula is C16H20F3N5O2. The Balaban J connectivity index is 1.59. The van der Waals surface area contributed by atoms with Crippen molar-refractivity contribution in [2.24, 2.45) is 0 Å². The van der Waals surface area contributed by atoms with E-state index >= 15 is 0 Å². The first-order valence-electron chi connectivity index (χ1n) is 8.26. The smallest absolute Gasteiger partial charge is 0.369 e. The molecule has 1 fully saturated rings. The van der Waals surface area contributed by atoms with Crippen molar-refractivity contribution in [2.75, 3.05) is 26.2 Å². The van der Waals surface area contributed by atoms with Gasteiger partial charge in [-0.15, -0.1) is 0 Å². The number of rotatable bonds is 5. The maximum atomic E-state index is 12.6. The Morgan fingerprint density at radius 1 is 1.15 bits per heavy atom. The van der Waals surface area contributed by atoms with Crippen LogP contribution in [0.4, 0.5) is 13.2 Å². The lowest BCUT2D eigenvalue weighted by molar-refractivity contribution is -0.555. The van der Waals surface area contributed by atoms with Crippen LogP contribution in [-0.2, 0) is 12.7 Å². The molecule has 1 aromatic rings. The second kappa shape index (κ2) is 7.50. The maximum Gasteiger partial charge on any atom is 0.416 e. The summed E-state index contributed by atoms with van der Waals surface area (Å²) in [7, 11) is 0. The van der Waals surface area contributed by atoms with Gasteiger partial charge in [-0.2, -0.15) is 13.2 Å². The van der Waals surface area contributed by atoms with Gasteiger partial charge in [-0.1, -0.05) is 12.1 Å². The normalized spacial score (nSPS) is 22.2. The van der Waals surface area contributed by atoms with E-state index in [1.165, 1.54) is 12.1 Å². The Morgan fingerprint density at radius 3 is 2.38 bits per heavy atom. The van der Waals surface area contributed by atoms with Crippen LogP contribution in [0, 0.1) is 10.1 Å². The molecule has 2 aliphatic rings. The van der Waals surface area contributed by atoms with Crippen LogP contribution in [0.3, 0.4) is 0 Å². The van der Waals surface area contributed by atoms with E-state index < -0.39 is 17.9 Å². The average molecular weight is 371 g/mol. The van der Waals surface area contributed by atoms with E-state index in [1.54, 1.807) is 17.3 Å². The molecule has 0 radical (unpaired) electrons. The molecule has 2 N–H and O–H groups in total. The van der Waals surface area contributed by atoms with Crippen LogP contribution in [0.15, 0.2) is 36.7 Å². The first-order valence-corrected chi connectivity index (χ1v) is 8.26. The molecule has 1 saturated heterocycles. The zero-order valence-electron chi connectivity index (χ0n) is 13.9. The SMILES string of the molecule is O=[N+]([O-])[C@@H]1CN(Cc2ccc(C(F)(F)F)cc2)CCN1CC1NC=CN1. The van der Waals surface area contributed by atoms with Crippen molar-refractivity contribution in [2.45, 2.75) is 25.1 Å². The quantitative estimate of drug-likeness (QED) is 0.602. The Bertz CT molecular complexity index is 657. The topological polar surface area (TPSA) is 73.7 Å². The summed E-state index contributed by atoms with van der Waals surface area (Å²) in [6, 6.07) is 4.94. The van der Waals surface area contributed by atoms with Gasteiger partial charge in [-0.25, -0.2) is 4.90 Å². The van der Waals surface area contributed by atoms with Crippen LogP contribution in [0.1, 0.15) is 11.1 Å². The second-order valence-corrected chi connectivity index (χ2v) is 6.41. The van der Waals surface area contributed by atoms with Crippen molar-refractivity contribution < 1.29 is 18.1 Å². The number of hydrogen-bond donors (Lipinski definition) is 2. The van der Waals surface area contributed by atoms with Gasteiger partial charge >= 0.3 is 6.18 Å². The second-order valence-electron chi connectivity index (χ2n) is 6.41. The lowest BCUT2D eigenvalue weighted by Gasteiger charge is -2.37. The van der Waals surface area contributed by atoms with Crippen molar-refractivity contribution in [1.29, 1.82) is 0 Å². The first kappa shape index (κ1) is 18.5. The van der Waals surface area contributed by atoms with E-state index in [-0.39, 0.29) is 17.6 Å². The van der Waals surface area contributed by atoms with E-state index in [2.05, 4.69) is 10.6 Å². The molecule has 1 aromatic carbocycles. The number of hydrogen-bond acceptors (Lipinski definition) is 6. The molecule has 1 atom stereocenters. The minimum absolute atomic E-state index is 0.0566. The van der Waals surface area contributed by atoms with Crippen molar-refractivity contribution in [3.05, 3.63) is 57.9 Å². The summed E-state index contributed by atoms with van der Waals surface area (Å²) in [5.41, 5.74) is 0.0104. The third kappa shape index (κ3) is 4.44. The predicted octanol–water partition coefficient (Wildman–Crippen LogP) is 1.42. The van der Waals surface area contributed by atoms with Crippen molar-refractivity contribution in [3.63, 3.8) is 0 Å². The highest BCUT2D eigenvalue weighted by Gasteiger charge is 2.36. The van der Waals surface area contributed by atoms with Gasteiger partial charge in [-0.3, -0.25) is 15.0 Å². The molecule has 0 amide bonds. The predicted molar refractivity (Wildman–Crippen MR) is 88.3 cm³/mol. The number of nitrogens with zero attached hydrogens (tertiary/aromatic N) is 3. The van der Waals surface area contributed by atoms with Gasteiger partial charge in [0.05, 0.1) is 12.1 Å². The Hall–Kier alpha value is -2.33. The molecule has 2 aliphatic heterocycles. The van der Waals surface area contributed by atoms with Crippen LogP contribution < -0.4 is 10.6 Å². The third-order valence-electron chi connectivity index (χ3n) is 4.57. The van der Waals surface area contributed by atoms with Gasteiger partial charge in [0.15, 0.2) is 0 Å². The van der Waals surface area contributed by atoms with Crippen molar-refractivity contribution in [1.82, 2.24) is 20.4 Å². The van der Waals surface area contributed by atoms with Crippen LogP contribution in [0.2, 0.25) is 0 Å². The van der Waals surface area contributed by atoms with Gasteiger partial charge in [0.1, 0.15) is 6.17 Å². The summed E-state index contributed by atoms with van der Waals surface area (Å²) in [5, 5.41) is 17.6. The molecule has 2 heterocycles. The number of alkyl halides is 3. The van der Waals surface area contributed by atoms with Crippen LogP contribution in [0.25, 0.3) is 0 Å². The first-order chi connectivity index (χ1) is 12.3. The number of nitro groups is 1. The van der Waals surface area contributed by atoms with Crippen LogP contribution in [-0.4, -0.2) is 53.2 Å². The molecule has 0 aromatic heterocycles. The fourth-order valence-electron chi connectivity index (χ4n) is 3.19. The van der Waals surface area contributed by atoms with Crippen molar-refractivity contribution >= 4 is 0 Å². The van der Waals surface area contributed by atoms with Gasteiger partial charge in [0.2, 0.25) is 0 Å². The summed E-state index contributed by atoms with van der Waals surface area (Å²) in [6.07, 6.45) is -1.75. The molecular weight excluding hydrogens is 351 g/mol. The number of benzene rings is 1. The van der Waals surface area contributed by atoms with Gasteiger partial charge in [-0.05, 0) is 17.7 Å². The molecule has 0 spiro atoms. The standard InChI is InChI=1S/C16H20F3N5O2/c17-16(18,19)13-3-1-12(2-4-13)9-22-7-8-23(15(11-22)24(25)26)10-14-20-5-6-21-14/h1-6,14-15,20-21H,7-11H2/t15-/m1/s1. The zero-order chi connectivity index (χ0) is 18.7. The number of halogens is 3. The van der Waals surface area contributed by atoms with Crippen LogP contribution in [0.5, 0.6) is 0 Å². The summed E-state index contributed by atoms with van der Waals surface area (Å²) < 4.78 is 37.9. The highest BCUT2D eigenvalue weighted by molar-refractivity contribution is 5.24.